The molecule has 6 heteroatoms. The smallest absolute Gasteiger partial charge is 0.182 e. The van der Waals surface area contributed by atoms with E-state index in [2.05, 4.69) is 31.2 Å². The van der Waals surface area contributed by atoms with Crippen molar-refractivity contribution in [2.24, 2.45) is 0 Å². The SMILES string of the molecule is COc1ccc(C(C)Nc2nccnc2C#N)cc1Br. The average molecular weight is 333 g/mol. The number of hydrogen-bond acceptors (Lipinski definition) is 5. The number of methoxy groups -OCH3 is 1. The molecule has 1 heterocycles. The first-order chi connectivity index (χ1) is 9.65. The molecule has 1 atom stereocenters. The molecule has 1 aromatic heterocycles. The maximum atomic E-state index is 9.00. The predicted octanol–water partition coefficient (Wildman–Crippen LogP) is 3.29. The number of nitrogens with zero attached hydrogens (tertiary/aromatic N) is 3. The highest BCUT2D eigenvalue weighted by Crippen LogP contribution is 2.29. The van der Waals surface area contributed by atoms with Gasteiger partial charge in [-0.2, -0.15) is 5.26 Å². The van der Waals surface area contributed by atoms with E-state index in [-0.39, 0.29) is 11.7 Å². The molecule has 20 heavy (non-hydrogen) atoms. The van der Waals surface area contributed by atoms with Crippen LogP contribution in [0, 0.1) is 11.3 Å². The lowest BCUT2D eigenvalue weighted by molar-refractivity contribution is 0.412. The van der Waals surface area contributed by atoms with E-state index in [9.17, 15) is 0 Å². The first-order valence-corrected chi connectivity index (χ1v) is 6.76. The van der Waals surface area contributed by atoms with E-state index in [0.29, 0.717) is 5.82 Å². The van der Waals surface area contributed by atoms with Gasteiger partial charge in [0.25, 0.3) is 0 Å². The van der Waals surface area contributed by atoms with Crippen molar-refractivity contribution >= 4 is 21.7 Å². The van der Waals surface area contributed by atoms with E-state index in [0.717, 1.165) is 15.8 Å². The second kappa shape index (κ2) is 6.35. The fourth-order valence-electron chi connectivity index (χ4n) is 1.77. The molecule has 0 bridgehead atoms. The van der Waals surface area contributed by atoms with E-state index in [1.807, 2.05) is 31.2 Å². The van der Waals surface area contributed by atoms with E-state index >= 15 is 0 Å². The van der Waals surface area contributed by atoms with Gasteiger partial charge in [-0.25, -0.2) is 9.97 Å². The molecule has 0 amide bonds. The van der Waals surface area contributed by atoms with Gasteiger partial charge in [-0.3, -0.25) is 0 Å². The topological polar surface area (TPSA) is 70.8 Å². The average Bonchev–Trinajstić information content (AvgIpc) is 2.47. The van der Waals surface area contributed by atoms with E-state index in [1.54, 1.807) is 13.3 Å². The van der Waals surface area contributed by atoms with Gasteiger partial charge in [0.05, 0.1) is 17.6 Å². The maximum absolute atomic E-state index is 9.00. The van der Waals surface area contributed by atoms with Crippen molar-refractivity contribution in [1.29, 1.82) is 5.26 Å². The van der Waals surface area contributed by atoms with Crippen LogP contribution in [0.2, 0.25) is 0 Å². The Morgan fingerprint density at radius 1 is 1.35 bits per heavy atom. The summed E-state index contributed by atoms with van der Waals surface area (Å²) in [6, 6.07) is 7.83. The second-order valence-corrected chi connectivity index (χ2v) is 4.98. The lowest BCUT2D eigenvalue weighted by Crippen LogP contribution is -2.10. The minimum Gasteiger partial charge on any atom is -0.496 e. The highest BCUT2D eigenvalue weighted by atomic mass is 79.9. The zero-order valence-corrected chi connectivity index (χ0v) is 12.7. The Morgan fingerprint density at radius 3 is 2.75 bits per heavy atom. The number of nitriles is 1. The van der Waals surface area contributed by atoms with Crippen molar-refractivity contribution in [2.75, 3.05) is 12.4 Å². The molecule has 0 saturated carbocycles. The highest BCUT2D eigenvalue weighted by molar-refractivity contribution is 9.10. The normalized spacial score (nSPS) is 11.5. The summed E-state index contributed by atoms with van der Waals surface area (Å²) in [5.74, 6) is 1.26. The fraction of sp³-hybridized carbons (Fsp3) is 0.214. The Bertz CT molecular complexity index is 654. The number of ether oxygens (including phenoxy) is 1. The molecule has 1 unspecified atom stereocenters. The molecule has 1 aromatic carbocycles. The van der Waals surface area contributed by atoms with Crippen LogP contribution in [0.3, 0.4) is 0 Å². The van der Waals surface area contributed by atoms with Crippen molar-refractivity contribution in [2.45, 2.75) is 13.0 Å². The summed E-state index contributed by atoms with van der Waals surface area (Å²) < 4.78 is 6.08. The molecule has 0 spiro atoms. The molecule has 0 fully saturated rings. The Morgan fingerprint density at radius 2 is 2.10 bits per heavy atom. The second-order valence-electron chi connectivity index (χ2n) is 4.13. The molecule has 5 nitrogen and oxygen atoms in total. The zero-order valence-electron chi connectivity index (χ0n) is 11.1. The van der Waals surface area contributed by atoms with Crippen LogP contribution in [-0.2, 0) is 0 Å². The molecular weight excluding hydrogens is 320 g/mol. The largest absolute Gasteiger partial charge is 0.496 e. The summed E-state index contributed by atoms with van der Waals surface area (Å²) in [4.78, 5) is 8.11. The van der Waals surface area contributed by atoms with Gasteiger partial charge in [-0.05, 0) is 40.5 Å². The zero-order chi connectivity index (χ0) is 14.5. The van der Waals surface area contributed by atoms with Crippen LogP contribution in [0.1, 0.15) is 24.2 Å². The molecule has 2 aromatic rings. The van der Waals surface area contributed by atoms with Gasteiger partial charge < -0.3 is 10.1 Å². The third kappa shape index (κ3) is 3.06. The monoisotopic (exact) mass is 332 g/mol. The van der Waals surface area contributed by atoms with Crippen molar-refractivity contribution in [3.05, 3.63) is 46.3 Å². The summed E-state index contributed by atoms with van der Waals surface area (Å²) in [7, 11) is 1.63. The van der Waals surface area contributed by atoms with Crippen LogP contribution in [0.4, 0.5) is 5.82 Å². The van der Waals surface area contributed by atoms with Crippen LogP contribution < -0.4 is 10.1 Å². The Kier molecular flexibility index (Phi) is 4.53. The molecule has 1 N–H and O–H groups in total. The van der Waals surface area contributed by atoms with Gasteiger partial charge in [-0.15, -0.1) is 0 Å². The van der Waals surface area contributed by atoms with Crippen LogP contribution in [0.15, 0.2) is 35.1 Å². The third-order valence-corrected chi connectivity index (χ3v) is 3.45. The summed E-state index contributed by atoms with van der Waals surface area (Å²) in [6.45, 7) is 1.99. The summed E-state index contributed by atoms with van der Waals surface area (Å²) in [5.41, 5.74) is 1.33. The highest BCUT2D eigenvalue weighted by Gasteiger charge is 2.11. The number of rotatable bonds is 4. The first kappa shape index (κ1) is 14.3. The number of hydrogen-bond donors (Lipinski definition) is 1. The van der Waals surface area contributed by atoms with Crippen LogP contribution in [-0.4, -0.2) is 17.1 Å². The van der Waals surface area contributed by atoms with Gasteiger partial charge in [-0.1, -0.05) is 6.07 Å². The summed E-state index contributed by atoms with van der Waals surface area (Å²) in [6.07, 6.45) is 3.05. The number of halogens is 1. The molecule has 0 aliphatic heterocycles. The van der Waals surface area contributed by atoms with Gasteiger partial charge >= 0.3 is 0 Å². The molecular formula is C14H13BrN4O. The number of anilines is 1. The number of nitrogens with one attached hydrogen (secondary N) is 1. The quantitative estimate of drug-likeness (QED) is 0.930. The lowest BCUT2D eigenvalue weighted by atomic mass is 10.1. The minimum atomic E-state index is -0.0130. The Labute approximate surface area is 125 Å². The minimum absolute atomic E-state index is 0.0130. The number of aromatic nitrogens is 2. The first-order valence-electron chi connectivity index (χ1n) is 5.96. The Hall–Kier alpha value is -2.13. The van der Waals surface area contributed by atoms with Crippen molar-refractivity contribution in [3.8, 4) is 11.8 Å². The van der Waals surface area contributed by atoms with Crippen LogP contribution in [0.25, 0.3) is 0 Å². The molecule has 102 valence electrons. The van der Waals surface area contributed by atoms with Crippen LogP contribution >= 0.6 is 15.9 Å². The molecule has 0 aliphatic carbocycles. The van der Waals surface area contributed by atoms with Gasteiger partial charge in [0.15, 0.2) is 11.5 Å². The molecule has 2 rings (SSSR count). The predicted molar refractivity (Wildman–Crippen MR) is 79.5 cm³/mol. The van der Waals surface area contributed by atoms with Gasteiger partial charge in [0.2, 0.25) is 0 Å². The van der Waals surface area contributed by atoms with Crippen molar-refractivity contribution in [1.82, 2.24) is 9.97 Å². The Balaban J connectivity index is 2.22. The van der Waals surface area contributed by atoms with E-state index in [1.165, 1.54) is 6.20 Å². The number of benzene rings is 1. The molecule has 0 aliphatic rings. The van der Waals surface area contributed by atoms with Gasteiger partial charge in [0.1, 0.15) is 11.8 Å². The molecule has 0 saturated heterocycles. The van der Waals surface area contributed by atoms with Gasteiger partial charge in [0, 0.05) is 12.4 Å². The standard InChI is InChI=1S/C14H13BrN4O/c1-9(10-3-4-13(20-2)11(15)7-10)19-14-12(8-16)17-5-6-18-14/h3-7,9H,1-2H3,(H,18,19). The van der Waals surface area contributed by atoms with Crippen LogP contribution in [0.5, 0.6) is 5.75 Å². The fourth-order valence-corrected chi connectivity index (χ4v) is 2.32. The molecule has 0 radical (unpaired) electrons. The van der Waals surface area contributed by atoms with E-state index < -0.39 is 0 Å². The van der Waals surface area contributed by atoms with Crippen molar-refractivity contribution < 1.29 is 4.74 Å². The lowest BCUT2D eigenvalue weighted by Gasteiger charge is -2.16. The summed E-state index contributed by atoms with van der Waals surface area (Å²) in [5, 5.41) is 12.2. The third-order valence-electron chi connectivity index (χ3n) is 2.83. The summed E-state index contributed by atoms with van der Waals surface area (Å²) >= 11 is 3.46. The van der Waals surface area contributed by atoms with Crippen molar-refractivity contribution in [3.63, 3.8) is 0 Å². The van der Waals surface area contributed by atoms with E-state index in [4.69, 9.17) is 10.00 Å². The maximum Gasteiger partial charge on any atom is 0.182 e.